The summed E-state index contributed by atoms with van der Waals surface area (Å²) in [4.78, 5) is 13.8. The molecule has 1 aliphatic heterocycles. The molecule has 2 heterocycles. The Kier molecular flexibility index (Phi) is 3.05. The fourth-order valence-corrected chi connectivity index (χ4v) is 4.28. The number of hydrogen-bond donors (Lipinski definition) is 0. The molecule has 6 heteroatoms. The van der Waals surface area contributed by atoms with E-state index < -0.39 is 9.84 Å². The molecule has 1 amide bonds. The predicted molar refractivity (Wildman–Crippen MR) is 75.4 cm³/mol. The summed E-state index contributed by atoms with van der Waals surface area (Å²) in [5.41, 5.74) is 0.656. The van der Waals surface area contributed by atoms with Crippen LogP contribution in [0.1, 0.15) is 17.0 Å². The molecule has 0 bridgehead atoms. The van der Waals surface area contributed by atoms with Crippen molar-refractivity contribution in [1.29, 1.82) is 0 Å². The Balaban J connectivity index is 1.85. The van der Waals surface area contributed by atoms with Crippen LogP contribution in [0.25, 0.3) is 11.0 Å². The van der Waals surface area contributed by atoms with Crippen molar-refractivity contribution in [1.82, 2.24) is 4.90 Å². The van der Waals surface area contributed by atoms with Crippen molar-refractivity contribution in [2.24, 2.45) is 0 Å². The average molecular weight is 293 g/mol. The van der Waals surface area contributed by atoms with Gasteiger partial charge in [0.1, 0.15) is 5.58 Å². The highest BCUT2D eigenvalue weighted by Crippen LogP contribution is 2.22. The molecule has 0 N–H and O–H groups in total. The van der Waals surface area contributed by atoms with Crippen LogP contribution in [0.3, 0.4) is 0 Å². The maximum Gasteiger partial charge on any atom is 0.289 e. The first-order chi connectivity index (χ1) is 9.46. The zero-order valence-corrected chi connectivity index (χ0v) is 11.9. The fourth-order valence-electron chi connectivity index (χ4n) is 2.51. The minimum Gasteiger partial charge on any atom is -0.451 e. The van der Waals surface area contributed by atoms with Gasteiger partial charge in [0.05, 0.1) is 11.5 Å². The van der Waals surface area contributed by atoms with E-state index in [1.165, 1.54) is 4.90 Å². The lowest BCUT2D eigenvalue weighted by Crippen LogP contribution is -2.37. The molecule has 0 aliphatic carbocycles. The summed E-state index contributed by atoms with van der Waals surface area (Å²) >= 11 is 0. The summed E-state index contributed by atoms with van der Waals surface area (Å²) in [6, 6.07) is 8.81. The quantitative estimate of drug-likeness (QED) is 0.845. The van der Waals surface area contributed by atoms with E-state index in [0.717, 1.165) is 5.39 Å². The molecule has 106 valence electrons. The number of sulfone groups is 1. The number of para-hydroxylation sites is 1. The standard InChI is InChI=1S/C14H15NO4S/c1-15(11-6-7-20(17,18)9-11)14(16)13-8-10-4-2-3-5-12(10)19-13/h2-5,8,11H,6-7,9H2,1H3/t11-/m0/s1. The molecule has 1 saturated heterocycles. The molecule has 1 aliphatic rings. The van der Waals surface area contributed by atoms with Gasteiger partial charge in [0.25, 0.3) is 5.91 Å². The van der Waals surface area contributed by atoms with Crippen molar-refractivity contribution >= 4 is 26.7 Å². The molecule has 5 nitrogen and oxygen atoms in total. The molecule has 0 spiro atoms. The topological polar surface area (TPSA) is 67.6 Å². The molecular weight excluding hydrogens is 278 g/mol. The smallest absolute Gasteiger partial charge is 0.289 e. The van der Waals surface area contributed by atoms with Gasteiger partial charge in [-0.05, 0) is 18.6 Å². The van der Waals surface area contributed by atoms with E-state index in [2.05, 4.69) is 0 Å². The van der Waals surface area contributed by atoms with Crippen molar-refractivity contribution < 1.29 is 17.6 Å². The van der Waals surface area contributed by atoms with E-state index in [-0.39, 0.29) is 29.2 Å². The highest BCUT2D eigenvalue weighted by atomic mass is 32.2. The van der Waals surface area contributed by atoms with Crippen LogP contribution in [-0.2, 0) is 9.84 Å². The lowest BCUT2D eigenvalue weighted by atomic mass is 10.2. The number of furan rings is 1. The molecule has 2 aromatic rings. The highest BCUT2D eigenvalue weighted by molar-refractivity contribution is 7.91. The fraction of sp³-hybridized carbons (Fsp3) is 0.357. The number of carbonyl (C=O) groups is 1. The van der Waals surface area contributed by atoms with Crippen LogP contribution >= 0.6 is 0 Å². The van der Waals surface area contributed by atoms with Gasteiger partial charge >= 0.3 is 0 Å². The Morgan fingerprint density at radius 3 is 2.75 bits per heavy atom. The minimum absolute atomic E-state index is 0.0372. The number of carbonyl (C=O) groups excluding carboxylic acids is 1. The van der Waals surface area contributed by atoms with Crippen LogP contribution in [0.4, 0.5) is 0 Å². The lowest BCUT2D eigenvalue weighted by Gasteiger charge is -2.22. The van der Waals surface area contributed by atoms with Gasteiger partial charge in [-0.3, -0.25) is 4.79 Å². The van der Waals surface area contributed by atoms with Crippen LogP contribution in [0, 0.1) is 0 Å². The van der Waals surface area contributed by atoms with Crippen molar-refractivity contribution in [3.8, 4) is 0 Å². The van der Waals surface area contributed by atoms with Gasteiger partial charge in [-0.25, -0.2) is 8.42 Å². The van der Waals surface area contributed by atoms with E-state index in [0.29, 0.717) is 12.0 Å². The molecule has 1 aromatic carbocycles. The third-order valence-corrected chi connectivity index (χ3v) is 5.46. The van der Waals surface area contributed by atoms with Crippen molar-refractivity contribution in [2.75, 3.05) is 18.6 Å². The Bertz CT molecular complexity index is 729. The van der Waals surface area contributed by atoms with Crippen molar-refractivity contribution in [3.63, 3.8) is 0 Å². The summed E-state index contributed by atoms with van der Waals surface area (Å²) in [5, 5.41) is 0.864. The number of rotatable bonds is 2. The largest absolute Gasteiger partial charge is 0.451 e. The van der Waals surface area contributed by atoms with Gasteiger partial charge in [0.15, 0.2) is 15.6 Å². The van der Waals surface area contributed by atoms with E-state index >= 15 is 0 Å². The summed E-state index contributed by atoms with van der Waals surface area (Å²) in [6.07, 6.45) is 0.491. The van der Waals surface area contributed by atoms with E-state index in [4.69, 9.17) is 4.42 Å². The highest BCUT2D eigenvalue weighted by Gasteiger charge is 2.33. The van der Waals surface area contributed by atoms with Crippen molar-refractivity contribution in [2.45, 2.75) is 12.5 Å². The monoisotopic (exact) mass is 293 g/mol. The van der Waals surface area contributed by atoms with Gasteiger partial charge in [-0.1, -0.05) is 18.2 Å². The zero-order chi connectivity index (χ0) is 14.3. The van der Waals surface area contributed by atoms with Crippen molar-refractivity contribution in [3.05, 3.63) is 36.1 Å². The molecule has 1 fully saturated rings. The Hall–Kier alpha value is -1.82. The summed E-state index contributed by atoms with van der Waals surface area (Å²) in [5.74, 6) is 0.159. The number of fused-ring (bicyclic) bond motifs is 1. The maximum atomic E-state index is 12.3. The molecule has 0 saturated carbocycles. The number of nitrogens with zero attached hydrogens (tertiary/aromatic N) is 1. The molecular formula is C14H15NO4S. The normalized spacial score (nSPS) is 21.1. The van der Waals surface area contributed by atoms with Gasteiger partial charge < -0.3 is 9.32 Å². The van der Waals surface area contributed by atoms with Crippen LogP contribution in [-0.4, -0.2) is 43.8 Å². The second kappa shape index (κ2) is 4.63. The summed E-state index contributed by atoms with van der Waals surface area (Å²) in [7, 11) is -1.38. The maximum absolute atomic E-state index is 12.3. The number of amides is 1. The summed E-state index contributed by atoms with van der Waals surface area (Å²) in [6.45, 7) is 0. The third kappa shape index (κ3) is 2.31. The average Bonchev–Trinajstić information content (AvgIpc) is 3.00. The third-order valence-electron chi connectivity index (χ3n) is 3.71. The van der Waals surface area contributed by atoms with Crippen LogP contribution in [0.5, 0.6) is 0 Å². The predicted octanol–water partition coefficient (Wildman–Crippen LogP) is 1.69. The summed E-state index contributed by atoms with van der Waals surface area (Å²) < 4.78 is 28.5. The molecule has 3 rings (SSSR count). The first-order valence-corrected chi connectivity index (χ1v) is 8.24. The van der Waals surface area contributed by atoms with Gasteiger partial charge in [-0.2, -0.15) is 0 Å². The molecule has 1 atom stereocenters. The second-order valence-corrected chi connectivity index (χ2v) is 7.35. The van der Waals surface area contributed by atoms with Crippen LogP contribution in [0.15, 0.2) is 34.7 Å². The molecule has 1 aromatic heterocycles. The Morgan fingerprint density at radius 1 is 1.35 bits per heavy atom. The molecule has 20 heavy (non-hydrogen) atoms. The number of benzene rings is 1. The Morgan fingerprint density at radius 2 is 2.10 bits per heavy atom. The first kappa shape index (κ1) is 13.2. The zero-order valence-electron chi connectivity index (χ0n) is 11.1. The minimum atomic E-state index is -3.01. The van der Waals surface area contributed by atoms with E-state index in [1.54, 1.807) is 19.2 Å². The van der Waals surface area contributed by atoms with Gasteiger partial charge in [0.2, 0.25) is 0 Å². The van der Waals surface area contributed by atoms with Crippen LogP contribution < -0.4 is 0 Å². The van der Waals surface area contributed by atoms with Gasteiger partial charge in [-0.15, -0.1) is 0 Å². The second-order valence-electron chi connectivity index (χ2n) is 5.12. The molecule has 0 radical (unpaired) electrons. The number of hydrogen-bond acceptors (Lipinski definition) is 4. The van der Waals surface area contributed by atoms with E-state index in [9.17, 15) is 13.2 Å². The lowest BCUT2D eigenvalue weighted by molar-refractivity contribution is 0.0718. The van der Waals surface area contributed by atoms with Gasteiger partial charge in [0, 0.05) is 18.5 Å². The van der Waals surface area contributed by atoms with Crippen LogP contribution in [0.2, 0.25) is 0 Å². The SMILES string of the molecule is CN(C(=O)c1cc2ccccc2o1)[C@H]1CCS(=O)(=O)C1. The van der Waals surface area contributed by atoms with E-state index in [1.807, 2.05) is 18.2 Å². The first-order valence-electron chi connectivity index (χ1n) is 6.42. The molecule has 0 unspecified atom stereocenters. The Labute approximate surface area is 117 Å².